The third-order valence-corrected chi connectivity index (χ3v) is 3.53. The number of anilines is 2. The fourth-order valence-electron chi connectivity index (χ4n) is 2.04. The zero-order valence-electron chi connectivity index (χ0n) is 12.5. The average Bonchev–Trinajstić information content (AvgIpc) is 2.99. The second-order valence-corrected chi connectivity index (χ2v) is 5.41. The van der Waals surface area contributed by atoms with E-state index in [-0.39, 0.29) is 17.0 Å². The van der Waals surface area contributed by atoms with Gasteiger partial charge in [0.2, 0.25) is 0 Å². The zero-order valence-corrected chi connectivity index (χ0v) is 13.3. The van der Waals surface area contributed by atoms with Gasteiger partial charge in [-0.3, -0.25) is 9.00 Å². The predicted octanol–water partition coefficient (Wildman–Crippen LogP) is -0.580. The monoisotopic (exact) mass is 366 g/mol. The number of aryl methyl sites for hydroxylation is 1. The second-order valence-electron chi connectivity index (χ2n) is 4.74. The van der Waals surface area contributed by atoms with Gasteiger partial charge in [0.25, 0.3) is 5.91 Å². The Morgan fingerprint density at radius 2 is 2.16 bits per heavy atom. The molecule has 11 nitrogen and oxygen atoms in total. The van der Waals surface area contributed by atoms with E-state index >= 15 is 0 Å². The molecule has 0 aliphatic heterocycles. The highest BCUT2D eigenvalue weighted by Crippen LogP contribution is 2.26. The summed E-state index contributed by atoms with van der Waals surface area (Å²) in [5.41, 5.74) is -1.46. The minimum atomic E-state index is -2.79. The maximum absolute atomic E-state index is 13.8. The number of halogens is 1. The number of nitrogens with one attached hydrogen (secondary N) is 2. The number of para-hydroxylation sites is 1. The molecular formula is C12H9FN7O4S-. The second kappa shape index (κ2) is 6.37. The first-order valence-corrected chi connectivity index (χ1v) is 7.69. The molecule has 2 heterocycles. The van der Waals surface area contributed by atoms with Gasteiger partial charge in [-0.15, -0.1) is 5.10 Å². The molecule has 3 aromatic rings. The first kappa shape index (κ1) is 16.7. The average molecular weight is 366 g/mol. The molecule has 0 aliphatic rings. The van der Waals surface area contributed by atoms with Crippen molar-refractivity contribution in [1.29, 1.82) is 0 Å². The van der Waals surface area contributed by atoms with Crippen molar-refractivity contribution in [2.24, 2.45) is 7.05 Å². The fourth-order valence-corrected chi connectivity index (χ4v) is 2.41. The van der Waals surface area contributed by atoms with Crippen LogP contribution in [0.5, 0.6) is 0 Å². The molecular weight excluding hydrogens is 357 g/mol. The first-order chi connectivity index (χ1) is 11.9. The Kier molecular flexibility index (Phi) is 4.24. The molecule has 0 bridgehead atoms. The molecule has 1 aromatic carbocycles. The summed E-state index contributed by atoms with van der Waals surface area (Å²) in [6, 6.07) is 3.59. The topological polar surface area (TPSA) is 146 Å². The Morgan fingerprint density at radius 3 is 2.88 bits per heavy atom. The molecule has 130 valence electrons. The van der Waals surface area contributed by atoms with E-state index in [0.29, 0.717) is 0 Å². The van der Waals surface area contributed by atoms with Gasteiger partial charge in [0.05, 0.1) is 5.69 Å². The van der Waals surface area contributed by atoms with Gasteiger partial charge in [-0.05, 0) is 12.1 Å². The minimum Gasteiger partial charge on any atom is -0.755 e. The van der Waals surface area contributed by atoms with Crippen LogP contribution in [0.4, 0.5) is 15.8 Å². The van der Waals surface area contributed by atoms with Crippen LogP contribution in [0.3, 0.4) is 0 Å². The van der Waals surface area contributed by atoms with Crippen molar-refractivity contribution >= 4 is 34.2 Å². The SMILES string of the molecule is Cn1nnc2c(C(=O)Nc3cccc(F)c3NS(=O)[O-])ncn2c1=O. The number of amides is 1. The van der Waals surface area contributed by atoms with Crippen molar-refractivity contribution in [1.82, 2.24) is 24.4 Å². The number of fused-ring (bicyclic) bond motifs is 1. The van der Waals surface area contributed by atoms with Crippen molar-refractivity contribution in [2.75, 3.05) is 10.0 Å². The van der Waals surface area contributed by atoms with E-state index in [4.69, 9.17) is 0 Å². The van der Waals surface area contributed by atoms with E-state index in [1.54, 1.807) is 0 Å². The number of imidazole rings is 1. The van der Waals surface area contributed by atoms with Crippen LogP contribution in [-0.4, -0.2) is 39.0 Å². The van der Waals surface area contributed by atoms with Crippen molar-refractivity contribution in [3.05, 3.63) is 46.5 Å². The highest BCUT2D eigenvalue weighted by Gasteiger charge is 2.19. The molecule has 13 heteroatoms. The molecule has 2 aromatic heterocycles. The van der Waals surface area contributed by atoms with Gasteiger partial charge in [-0.2, -0.15) is 4.68 Å². The maximum atomic E-state index is 13.8. The molecule has 1 atom stereocenters. The summed E-state index contributed by atoms with van der Waals surface area (Å²) in [5.74, 6) is -1.71. The van der Waals surface area contributed by atoms with Crippen LogP contribution in [0.25, 0.3) is 5.65 Å². The number of benzene rings is 1. The van der Waals surface area contributed by atoms with Crippen LogP contribution < -0.4 is 15.7 Å². The summed E-state index contributed by atoms with van der Waals surface area (Å²) in [6.07, 6.45) is 1.10. The molecule has 0 aliphatic carbocycles. The van der Waals surface area contributed by atoms with E-state index in [9.17, 15) is 22.7 Å². The van der Waals surface area contributed by atoms with Gasteiger partial charge in [0, 0.05) is 18.3 Å². The molecule has 0 saturated carbocycles. The summed E-state index contributed by atoms with van der Waals surface area (Å²) in [6.45, 7) is 0. The number of nitrogens with zero attached hydrogens (tertiary/aromatic N) is 5. The Morgan fingerprint density at radius 1 is 1.40 bits per heavy atom. The quantitative estimate of drug-likeness (QED) is 0.587. The highest BCUT2D eigenvalue weighted by molar-refractivity contribution is 7.80. The Labute approximate surface area is 140 Å². The lowest BCUT2D eigenvalue weighted by atomic mass is 10.2. The van der Waals surface area contributed by atoms with Crippen LogP contribution in [0.1, 0.15) is 10.5 Å². The number of carbonyl (C=O) groups is 1. The number of hydrogen-bond donors (Lipinski definition) is 2. The molecule has 1 amide bonds. The molecule has 0 radical (unpaired) electrons. The largest absolute Gasteiger partial charge is 0.755 e. The number of aromatic nitrogens is 5. The van der Waals surface area contributed by atoms with Crippen LogP contribution in [0, 0.1) is 5.82 Å². The molecule has 25 heavy (non-hydrogen) atoms. The van der Waals surface area contributed by atoms with E-state index < -0.39 is 34.4 Å². The van der Waals surface area contributed by atoms with Gasteiger partial charge in [0.15, 0.2) is 11.3 Å². The number of carbonyl (C=O) groups excluding carboxylic acids is 1. The van der Waals surface area contributed by atoms with Crippen molar-refractivity contribution in [3.8, 4) is 0 Å². The lowest BCUT2D eigenvalue weighted by Gasteiger charge is -2.14. The van der Waals surface area contributed by atoms with Crippen molar-refractivity contribution in [2.45, 2.75) is 0 Å². The maximum Gasteiger partial charge on any atom is 0.352 e. The third-order valence-electron chi connectivity index (χ3n) is 3.16. The standard InChI is InChI=1S/C12H10FN7O4S/c1-19-12(22)20-5-14-9(10(20)16-18-19)11(21)15-7-4-2-3-6(13)8(7)17-25(23)24/h2-5,17H,1H3,(H,15,21)(H,23,24)/p-1. The molecule has 0 fully saturated rings. The molecule has 3 rings (SSSR count). The van der Waals surface area contributed by atoms with Crippen LogP contribution in [0.2, 0.25) is 0 Å². The van der Waals surface area contributed by atoms with Gasteiger partial charge in [-0.1, -0.05) is 11.3 Å². The first-order valence-electron chi connectivity index (χ1n) is 6.61. The smallest absolute Gasteiger partial charge is 0.352 e. The van der Waals surface area contributed by atoms with Gasteiger partial charge in [-0.25, -0.2) is 18.6 Å². The van der Waals surface area contributed by atoms with Crippen LogP contribution in [0.15, 0.2) is 29.3 Å². The lowest BCUT2D eigenvalue weighted by molar-refractivity contribution is 0.102. The summed E-state index contributed by atoms with van der Waals surface area (Å²) in [4.78, 5) is 28.0. The summed E-state index contributed by atoms with van der Waals surface area (Å²) >= 11 is -2.79. The molecule has 0 spiro atoms. The minimum absolute atomic E-state index is 0.0982. The zero-order chi connectivity index (χ0) is 18.1. The summed E-state index contributed by atoms with van der Waals surface area (Å²) in [7, 11) is 1.38. The Balaban J connectivity index is 1.99. The Hall–Kier alpha value is -3.19. The number of rotatable bonds is 4. The van der Waals surface area contributed by atoms with Crippen LogP contribution in [-0.2, 0) is 18.3 Å². The van der Waals surface area contributed by atoms with Gasteiger partial charge >= 0.3 is 5.69 Å². The van der Waals surface area contributed by atoms with E-state index in [2.05, 4.69) is 20.6 Å². The van der Waals surface area contributed by atoms with Crippen molar-refractivity contribution < 1.29 is 17.9 Å². The van der Waals surface area contributed by atoms with E-state index in [1.807, 2.05) is 4.72 Å². The predicted molar refractivity (Wildman–Crippen MR) is 82.9 cm³/mol. The van der Waals surface area contributed by atoms with E-state index in [0.717, 1.165) is 21.5 Å². The van der Waals surface area contributed by atoms with Crippen LogP contribution >= 0.6 is 0 Å². The molecule has 0 saturated heterocycles. The van der Waals surface area contributed by atoms with Gasteiger partial charge in [0.1, 0.15) is 17.8 Å². The third kappa shape index (κ3) is 3.09. The molecule has 1 unspecified atom stereocenters. The lowest BCUT2D eigenvalue weighted by Crippen LogP contribution is -2.27. The normalized spacial score (nSPS) is 12.1. The fraction of sp³-hybridized carbons (Fsp3) is 0.0833. The molecule has 2 N–H and O–H groups in total. The summed E-state index contributed by atoms with van der Waals surface area (Å²) in [5, 5.41) is 9.59. The van der Waals surface area contributed by atoms with E-state index in [1.165, 1.54) is 19.2 Å². The highest BCUT2D eigenvalue weighted by atomic mass is 32.2. The summed E-state index contributed by atoms with van der Waals surface area (Å²) < 4.78 is 39.2. The van der Waals surface area contributed by atoms with Crippen molar-refractivity contribution in [3.63, 3.8) is 0 Å². The van der Waals surface area contributed by atoms with Gasteiger partial charge < -0.3 is 14.6 Å². The number of hydrogen-bond acceptors (Lipinski definition) is 7. The Bertz CT molecular complexity index is 1060.